The van der Waals surface area contributed by atoms with Gasteiger partial charge in [0, 0.05) is 16.0 Å². The molecule has 3 aromatic rings. The minimum atomic E-state index is 0.310. The number of aromatic nitrogens is 1. The number of fused-ring (bicyclic) bond motifs is 1. The van der Waals surface area contributed by atoms with Gasteiger partial charge in [0.15, 0.2) is 0 Å². The van der Waals surface area contributed by atoms with E-state index in [0.29, 0.717) is 6.04 Å². The lowest BCUT2D eigenvalue weighted by atomic mass is 10.0. The van der Waals surface area contributed by atoms with Crippen molar-refractivity contribution in [3.05, 3.63) is 62.7 Å². The number of hydrogen-bond donors (Lipinski definition) is 1. The molecule has 1 N–H and O–H groups in total. The standard InChI is InChI=1S/C16H15IN2S/c1-18-14(11-5-4-6-12(17)9-11)10-16-19-13-7-2-3-8-15(13)20-16/h2-9,14,18H,10H2,1H3. The molecule has 0 aliphatic carbocycles. The molecule has 4 heteroatoms. The van der Waals surface area contributed by atoms with E-state index in [1.54, 1.807) is 11.3 Å². The average molecular weight is 394 g/mol. The van der Waals surface area contributed by atoms with Gasteiger partial charge in [0.05, 0.1) is 15.2 Å². The van der Waals surface area contributed by atoms with Crippen LogP contribution in [0, 0.1) is 3.57 Å². The third-order valence-electron chi connectivity index (χ3n) is 3.32. The van der Waals surface area contributed by atoms with E-state index in [1.165, 1.54) is 18.8 Å². The van der Waals surface area contributed by atoms with Crippen LogP contribution < -0.4 is 5.32 Å². The van der Waals surface area contributed by atoms with Crippen molar-refractivity contribution in [2.75, 3.05) is 7.05 Å². The summed E-state index contributed by atoms with van der Waals surface area (Å²) < 4.78 is 2.53. The van der Waals surface area contributed by atoms with Gasteiger partial charge in [0.2, 0.25) is 0 Å². The maximum atomic E-state index is 4.73. The second-order valence-corrected chi connectivity index (χ2v) is 7.04. The molecule has 0 radical (unpaired) electrons. The van der Waals surface area contributed by atoms with Crippen molar-refractivity contribution in [3.63, 3.8) is 0 Å². The summed E-state index contributed by atoms with van der Waals surface area (Å²) in [5.74, 6) is 0. The number of nitrogens with one attached hydrogen (secondary N) is 1. The van der Waals surface area contributed by atoms with Crippen molar-refractivity contribution in [2.24, 2.45) is 0 Å². The van der Waals surface area contributed by atoms with E-state index in [9.17, 15) is 0 Å². The van der Waals surface area contributed by atoms with Gasteiger partial charge in [-0.2, -0.15) is 0 Å². The number of likely N-dealkylation sites (N-methyl/N-ethyl adjacent to an activating group) is 1. The maximum absolute atomic E-state index is 4.73. The quantitative estimate of drug-likeness (QED) is 0.664. The predicted octanol–water partition coefficient (Wildman–Crippen LogP) is 4.40. The zero-order valence-corrected chi connectivity index (χ0v) is 14.1. The van der Waals surface area contributed by atoms with Gasteiger partial charge in [0.25, 0.3) is 0 Å². The lowest BCUT2D eigenvalue weighted by molar-refractivity contribution is 0.590. The fourth-order valence-corrected chi connectivity index (χ4v) is 3.87. The molecule has 1 aromatic heterocycles. The summed E-state index contributed by atoms with van der Waals surface area (Å²) in [5.41, 5.74) is 2.42. The van der Waals surface area contributed by atoms with Crippen molar-refractivity contribution in [3.8, 4) is 0 Å². The van der Waals surface area contributed by atoms with Crippen molar-refractivity contribution in [2.45, 2.75) is 12.5 Å². The second kappa shape index (κ2) is 6.20. The van der Waals surface area contributed by atoms with E-state index in [-0.39, 0.29) is 0 Å². The van der Waals surface area contributed by atoms with Crippen LogP contribution in [0.1, 0.15) is 16.6 Å². The lowest BCUT2D eigenvalue weighted by Gasteiger charge is -2.15. The van der Waals surface area contributed by atoms with E-state index in [2.05, 4.69) is 70.4 Å². The smallest absolute Gasteiger partial charge is 0.0957 e. The second-order valence-electron chi connectivity index (χ2n) is 4.68. The summed E-state index contributed by atoms with van der Waals surface area (Å²) in [4.78, 5) is 4.73. The number of nitrogens with zero attached hydrogens (tertiary/aromatic N) is 1. The molecule has 0 spiro atoms. The Hall–Kier alpha value is -0.980. The van der Waals surface area contributed by atoms with Gasteiger partial charge in [-0.1, -0.05) is 24.3 Å². The molecule has 2 aromatic carbocycles. The first-order valence-electron chi connectivity index (χ1n) is 6.53. The number of para-hydroxylation sites is 1. The van der Waals surface area contributed by atoms with Crippen LogP contribution in [0.5, 0.6) is 0 Å². The SMILES string of the molecule is CNC(Cc1nc2ccccc2s1)c1cccc(I)c1. The van der Waals surface area contributed by atoms with Crippen LogP contribution in [0.3, 0.4) is 0 Å². The molecule has 20 heavy (non-hydrogen) atoms. The Morgan fingerprint density at radius 3 is 2.80 bits per heavy atom. The van der Waals surface area contributed by atoms with Gasteiger partial charge in [0.1, 0.15) is 0 Å². The summed E-state index contributed by atoms with van der Waals surface area (Å²) in [6.07, 6.45) is 0.927. The van der Waals surface area contributed by atoms with Gasteiger partial charge >= 0.3 is 0 Å². The third-order valence-corrected chi connectivity index (χ3v) is 5.05. The summed E-state index contributed by atoms with van der Waals surface area (Å²) in [5, 5.41) is 4.59. The van der Waals surface area contributed by atoms with Crippen molar-refractivity contribution >= 4 is 44.1 Å². The highest BCUT2D eigenvalue weighted by Crippen LogP contribution is 2.26. The highest BCUT2D eigenvalue weighted by molar-refractivity contribution is 14.1. The number of benzene rings is 2. The van der Waals surface area contributed by atoms with Crippen LogP contribution >= 0.6 is 33.9 Å². The molecule has 3 rings (SSSR count). The average Bonchev–Trinajstić information content (AvgIpc) is 2.87. The fourth-order valence-electron chi connectivity index (χ4n) is 2.29. The largest absolute Gasteiger partial charge is 0.313 e. The van der Waals surface area contributed by atoms with Gasteiger partial charge in [-0.05, 0) is 59.5 Å². The van der Waals surface area contributed by atoms with Gasteiger partial charge in [-0.15, -0.1) is 11.3 Å². The molecule has 0 aliphatic rings. The Kier molecular flexibility index (Phi) is 4.33. The number of hydrogen-bond acceptors (Lipinski definition) is 3. The number of halogens is 1. The van der Waals surface area contributed by atoms with Gasteiger partial charge in [-0.3, -0.25) is 0 Å². The molecule has 2 nitrogen and oxygen atoms in total. The summed E-state index contributed by atoms with van der Waals surface area (Å²) in [7, 11) is 2.01. The maximum Gasteiger partial charge on any atom is 0.0957 e. The predicted molar refractivity (Wildman–Crippen MR) is 94.3 cm³/mol. The minimum absolute atomic E-state index is 0.310. The van der Waals surface area contributed by atoms with Gasteiger partial charge in [-0.25, -0.2) is 4.98 Å². The van der Waals surface area contributed by atoms with E-state index in [1.807, 2.05) is 13.1 Å². The normalized spacial score (nSPS) is 12.7. The molecule has 1 unspecified atom stereocenters. The molecule has 0 fully saturated rings. The number of rotatable bonds is 4. The summed E-state index contributed by atoms with van der Waals surface area (Å²) >= 11 is 4.14. The molecular formula is C16H15IN2S. The van der Waals surface area contributed by atoms with Crippen LogP contribution in [0.4, 0.5) is 0 Å². The summed E-state index contributed by atoms with van der Waals surface area (Å²) in [6, 6.07) is 17.3. The Balaban J connectivity index is 1.87. The zero-order valence-electron chi connectivity index (χ0n) is 11.1. The lowest BCUT2D eigenvalue weighted by Crippen LogP contribution is -2.18. The Bertz CT molecular complexity index is 690. The van der Waals surface area contributed by atoms with Crippen molar-refractivity contribution in [1.29, 1.82) is 0 Å². The fraction of sp³-hybridized carbons (Fsp3) is 0.188. The number of thiazole rings is 1. The molecule has 1 atom stereocenters. The van der Waals surface area contributed by atoms with Crippen LogP contribution in [0.15, 0.2) is 48.5 Å². The molecule has 0 saturated carbocycles. The van der Waals surface area contributed by atoms with Crippen molar-refractivity contribution in [1.82, 2.24) is 10.3 Å². The van der Waals surface area contributed by atoms with Gasteiger partial charge < -0.3 is 5.32 Å². The first-order chi connectivity index (χ1) is 9.76. The molecule has 102 valence electrons. The molecule has 0 amide bonds. The minimum Gasteiger partial charge on any atom is -0.313 e. The first-order valence-corrected chi connectivity index (χ1v) is 8.43. The molecule has 1 heterocycles. The van der Waals surface area contributed by atoms with E-state index in [4.69, 9.17) is 4.98 Å². The molecule has 0 aliphatic heterocycles. The van der Waals surface area contributed by atoms with E-state index >= 15 is 0 Å². The van der Waals surface area contributed by atoms with E-state index in [0.717, 1.165) is 11.9 Å². The Morgan fingerprint density at radius 2 is 2.05 bits per heavy atom. The molecule has 0 saturated heterocycles. The monoisotopic (exact) mass is 394 g/mol. The summed E-state index contributed by atoms with van der Waals surface area (Å²) in [6.45, 7) is 0. The van der Waals surface area contributed by atoms with Crippen LogP contribution in [-0.4, -0.2) is 12.0 Å². The Morgan fingerprint density at radius 1 is 1.20 bits per heavy atom. The van der Waals surface area contributed by atoms with Crippen LogP contribution in [-0.2, 0) is 6.42 Å². The zero-order chi connectivity index (χ0) is 13.9. The third kappa shape index (κ3) is 3.02. The molecule has 0 bridgehead atoms. The van der Waals surface area contributed by atoms with Crippen LogP contribution in [0.2, 0.25) is 0 Å². The topological polar surface area (TPSA) is 24.9 Å². The molecular weight excluding hydrogens is 379 g/mol. The van der Waals surface area contributed by atoms with Crippen molar-refractivity contribution < 1.29 is 0 Å². The van der Waals surface area contributed by atoms with E-state index < -0.39 is 0 Å². The Labute approximate surface area is 136 Å². The highest BCUT2D eigenvalue weighted by atomic mass is 127. The first kappa shape index (κ1) is 14.0. The van der Waals surface area contributed by atoms with Crippen LogP contribution in [0.25, 0.3) is 10.2 Å². The highest BCUT2D eigenvalue weighted by Gasteiger charge is 2.13.